The molecular weight excluding hydrogens is 547 g/mol. The van der Waals surface area contributed by atoms with Crippen LogP contribution in [0.5, 0.6) is 0 Å². The summed E-state index contributed by atoms with van der Waals surface area (Å²) in [7, 11) is 0. The molecule has 2 N–H and O–H groups in total. The predicted octanol–water partition coefficient (Wildman–Crippen LogP) is 7.30. The second-order valence-electron chi connectivity index (χ2n) is 10.4. The highest BCUT2D eigenvalue weighted by Crippen LogP contribution is 2.37. The van der Waals surface area contributed by atoms with Gasteiger partial charge >= 0.3 is 0 Å². The number of allylic oxidation sites excluding steroid dienone is 1. The van der Waals surface area contributed by atoms with Crippen molar-refractivity contribution in [2.75, 3.05) is 13.1 Å². The Balaban J connectivity index is 1.27. The van der Waals surface area contributed by atoms with E-state index in [1.54, 1.807) is 53.0 Å². The zero-order valence-electron chi connectivity index (χ0n) is 22.0. The quantitative estimate of drug-likeness (QED) is 0.219. The molecule has 1 aromatic carbocycles. The third kappa shape index (κ3) is 4.60. The second-order valence-corrected chi connectivity index (χ2v) is 11.5. The first kappa shape index (κ1) is 25.6. The van der Waals surface area contributed by atoms with E-state index in [1.807, 2.05) is 25.1 Å². The number of pyridine rings is 2. The molecule has 7 nitrogen and oxygen atoms in total. The highest BCUT2D eigenvalue weighted by molar-refractivity contribution is 7.16. The molecule has 0 amide bonds. The molecule has 1 fully saturated rings. The lowest BCUT2D eigenvalue weighted by atomic mass is 10.0. The summed E-state index contributed by atoms with van der Waals surface area (Å²) in [5, 5.41) is 7.61. The van der Waals surface area contributed by atoms with Crippen molar-refractivity contribution in [3.8, 4) is 33.2 Å². The molecule has 1 aliphatic heterocycles. The van der Waals surface area contributed by atoms with Crippen LogP contribution in [-0.2, 0) is 6.54 Å². The average molecular weight is 572 g/mol. The lowest BCUT2D eigenvalue weighted by molar-refractivity contribution is 0.0115. The van der Waals surface area contributed by atoms with E-state index >= 15 is 4.39 Å². The molecular formula is C30H24F3N7S. The fourth-order valence-electron chi connectivity index (χ4n) is 5.31. The molecule has 41 heavy (non-hydrogen) atoms. The number of thiophene rings is 1. The number of hydrogen-bond donors (Lipinski definition) is 2. The number of likely N-dealkylation sites (tertiary alicyclic amines) is 1. The molecule has 6 aromatic rings. The fraction of sp³-hybridized carbons (Fsp3) is 0.200. The van der Waals surface area contributed by atoms with E-state index in [0.717, 1.165) is 32.1 Å². The third-order valence-corrected chi connectivity index (χ3v) is 8.57. The SMILES string of the molecule is C=C(C)c1ccc(-c2nccc3[nH]c(-c4n[nH]c5ccc(-c6cncc(CN7CCC(F)(F)C7)c6)c(F)c45)nc23)s1. The standard InChI is InChI=1S/C30H24F3N7S/c1-16(2)22-5-6-23(41-22)27-26-21(7-9-35-27)36-29(37-26)28-24-20(38-39-28)4-3-19(25(24)31)18-11-17(12-34-13-18)14-40-10-8-30(32,33)15-40/h3-7,9,11-13H,1,8,10,14-15H2,2H3,(H,36,37)(H,38,39). The number of hydrogen-bond acceptors (Lipinski definition) is 6. The zero-order valence-corrected chi connectivity index (χ0v) is 22.8. The number of halogens is 3. The van der Waals surface area contributed by atoms with Crippen LogP contribution in [0.25, 0.3) is 60.7 Å². The molecule has 1 aliphatic rings. The monoisotopic (exact) mass is 571 g/mol. The highest BCUT2D eigenvalue weighted by atomic mass is 32.1. The number of rotatable bonds is 6. The molecule has 0 bridgehead atoms. The Bertz CT molecular complexity index is 1950. The number of nitrogens with zero attached hydrogens (tertiary/aromatic N) is 5. The summed E-state index contributed by atoms with van der Waals surface area (Å²) in [6.45, 7) is 6.33. The molecule has 7 rings (SSSR count). The van der Waals surface area contributed by atoms with Crippen molar-refractivity contribution in [1.29, 1.82) is 0 Å². The van der Waals surface area contributed by atoms with Crippen LogP contribution in [0, 0.1) is 5.82 Å². The maximum Gasteiger partial charge on any atom is 0.261 e. The first-order valence-electron chi connectivity index (χ1n) is 13.1. The highest BCUT2D eigenvalue weighted by Gasteiger charge is 2.38. The molecule has 0 atom stereocenters. The minimum Gasteiger partial charge on any atom is -0.336 e. The van der Waals surface area contributed by atoms with Gasteiger partial charge in [0.25, 0.3) is 5.92 Å². The van der Waals surface area contributed by atoms with Crippen LogP contribution >= 0.6 is 11.3 Å². The van der Waals surface area contributed by atoms with Crippen molar-refractivity contribution in [2.24, 2.45) is 0 Å². The lowest BCUT2D eigenvalue weighted by Gasteiger charge is -2.16. The van der Waals surface area contributed by atoms with Gasteiger partial charge in [-0.15, -0.1) is 11.3 Å². The summed E-state index contributed by atoms with van der Waals surface area (Å²) in [5.41, 5.74) is 5.63. The van der Waals surface area contributed by atoms with E-state index < -0.39 is 11.7 Å². The fourth-order valence-corrected chi connectivity index (χ4v) is 6.24. The summed E-state index contributed by atoms with van der Waals surface area (Å²) in [6.07, 6.45) is 4.76. The van der Waals surface area contributed by atoms with Gasteiger partial charge in [-0.3, -0.25) is 20.0 Å². The molecule has 0 aliphatic carbocycles. The molecule has 0 saturated carbocycles. The minimum absolute atomic E-state index is 0.156. The molecule has 0 unspecified atom stereocenters. The number of nitrogens with one attached hydrogen (secondary N) is 2. The molecule has 6 heterocycles. The van der Waals surface area contributed by atoms with Gasteiger partial charge in [-0.05, 0) is 54.5 Å². The first-order chi connectivity index (χ1) is 19.8. The van der Waals surface area contributed by atoms with E-state index in [2.05, 4.69) is 31.7 Å². The van der Waals surface area contributed by atoms with Crippen LogP contribution in [0.15, 0.2) is 61.6 Å². The summed E-state index contributed by atoms with van der Waals surface area (Å²) in [6, 6.07) is 11.1. The van der Waals surface area contributed by atoms with Gasteiger partial charge in [0.05, 0.1) is 27.8 Å². The number of imidazole rings is 1. The van der Waals surface area contributed by atoms with E-state index in [9.17, 15) is 8.78 Å². The van der Waals surface area contributed by atoms with E-state index in [1.165, 1.54) is 0 Å². The molecule has 1 saturated heterocycles. The van der Waals surface area contributed by atoms with E-state index in [-0.39, 0.29) is 13.0 Å². The van der Waals surface area contributed by atoms with Gasteiger partial charge in [0.2, 0.25) is 0 Å². The topological polar surface area (TPSA) is 86.4 Å². The Morgan fingerprint density at radius 2 is 2.00 bits per heavy atom. The Kier molecular flexibility index (Phi) is 6.02. The van der Waals surface area contributed by atoms with Crippen molar-refractivity contribution < 1.29 is 13.2 Å². The van der Waals surface area contributed by atoms with Gasteiger partial charge in [-0.25, -0.2) is 18.2 Å². The van der Waals surface area contributed by atoms with Gasteiger partial charge in [0, 0.05) is 54.1 Å². The number of alkyl halides is 2. The Morgan fingerprint density at radius 3 is 2.78 bits per heavy atom. The number of benzene rings is 1. The van der Waals surface area contributed by atoms with Crippen LogP contribution in [0.4, 0.5) is 13.2 Å². The Hall–Kier alpha value is -4.35. The third-order valence-electron chi connectivity index (χ3n) is 7.31. The van der Waals surface area contributed by atoms with Crippen LogP contribution < -0.4 is 0 Å². The number of fused-ring (bicyclic) bond motifs is 2. The van der Waals surface area contributed by atoms with Crippen LogP contribution in [0.3, 0.4) is 0 Å². The van der Waals surface area contributed by atoms with Gasteiger partial charge in [-0.2, -0.15) is 5.10 Å². The first-order valence-corrected chi connectivity index (χ1v) is 13.9. The Morgan fingerprint density at radius 1 is 1.12 bits per heavy atom. The van der Waals surface area contributed by atoms with Gasteiger partial charge < -0.3 is 4.98 Å². The maximum absolute atomic E-state index is 16.2. The van der Waals surface area contributed by atoms with Crippen LogP contribution in [-0.4, -0.2) is 54.0 Å². The second kappa shape index (κ2) is 9.64. The molecule has 0 radical (unpaired) electrons. The summed E-state index contributed by atoms with van der Waals surface area (Å²) >= 11 is 1.59. The normalized spacial score (nSPS) is 15.3. The largest absolute Gasteiger partial charge is 0.336 e. The van der Waals surface area contributed by atoms with Crippen molar-refractivity contribution in [1.82, 2.24) is 35.0 Å². The Labute approximate surface area is 236 Å². The summed E-state index contributed by atoms with van der Waals surface area (Å²) in [4.78, 5) is 20.6. The van der Waals surface area contributed by atoms with Crippen molar-refractivity contribution in [2.45, 2.75) is 25.8 Å². The number of H-pyrrole nitrogens is 2. The number of aromatic nitrogens is 6. The van der Waals surface area contributed by atoms with Gasteiger partial charge in [0.15, 0.2) is 5.82 Å². The summed E-state index contributed by atoms with van der Waals surface area (Å²) < 4.78 is 43.5. The van der Waals surface area contributed by atoms with Crippen LogP contribution in [0.1, 0.15) is 23.8 Å². The molecule has 11 heteroatoms. The molecule has 5 aromatic heterocycles. The minimum atomic E-state index is -2.68. The molecule has 206 valence electrons. The van der Waals surface area contributed by atoms with Gasteiger partial charge in [0.1, 0.15) is 22.7 Å². The van der Waals surface area contributed by atoms with Crippen molar-refractivity contribution in [3.05, 3.63) is 77.8 Å². The van der Waals surface area contributed by atoms with Crippen LogP contribution in [0.2, 0.25) is 0 Å². The maximum atomic E-state index is 16.2. The van der Waals surface area contributed by atoms with E-state index in [4.69, 9.17) is 4.98 Å². The van der Waals surface area contributed by atoms with E-state index in [0.29, 0.717) is 52.2 Å². The average Bonchev–Trinajstić information content (AvgIpc) is 3.74. The van der Waals surface area contributed by atoms with Crippen molar-refractivity contribution in [3.63, 3.8) is 0 Å². The lowest BCUT2D eigenvalue weighted by Crippen LogP contribution is -2.24. The summed E-state index contributed by atoms with van der Waals surface area (Å²) in [5.74, 6) is -2.74. The zero-order chi connectivity index (χ0) is 28.3. The van der Waals surface area contributed by atoms with Gasteiger partial charge in [-0.1, -0.05) is 6.58 Å². The number of aromatic amines is 2. The van der Waals surface area contributed by atoms with Crippen molar-refractivity contribution >= 4 is 38.8 Å². The smallest absolute Gasteiger partial charge is 0.261 e. The molecule has 0 spiro atoms. The predicted molar refractivity (Wildman–Crippen MR) is 155 cm³/mol.